The maximum Gasteiger partial charge on any atom is 0.287 e. The van der Waals surface area contributed by atoms with Crippen molar-refractivity contribution >= 4 is 11.9 Å². The summed E-state index contributed by atoms with van der Waals surface area (Å²) in [6.07, 6.45) is 4.23. The molecule has 0 aliphatic carbocycles. The number of furan rings is 1. The van der Waals surface area contributed by atoms with Crippen LogP contribution in [0.3, 0.4) is 0 Å². The van der Waals surface area contributed by atoms with Crippen LogP contribution in [-0.4, -0.2) is 45.2 Å². The van der Waals surface area contributed by atoms with Crippen LogP contribution in [-0.2, 0) is 12.8 Å². The van der Waals surface area contributed by atoms with Gasteiger partial charge in [0, 0.05) is 38.7 Å². The lowest BCUT2D eigenvalue weighted by atomic mass is 10.1. The molecule has 0 saturated heterocycles. The number of hydrogen-bond donors (Lipinski definition) is 3. The van der Waals surface area contributed by atoms with Crippen LogP contribution in [0.2, 0.25) is 0 Å². The number of fused-ring (bicyclic) bond motifs is 1. The van der Waals surface area contributed by atoms with E-state index in [1.807, 2.05) is 6.92 Å². The van der Waals surface area contributed by atoms with Crippen LogP contribution in [0.15, 0.2) is 39.9 Å². The van der Waals surface area contributed by atoms with E-state index in [1.165, 1.54) is 17.4 Å². The fourth-order valence-electron chi connectivity index (χ4n) is 3.12. The topological polar surface area (TPSA) is 87.9 Å². The molecule has 7 heteroatoms. The number of ether oxygens (including phenoxy) is 1. The lowest BCUT2D eigenvalue weighted by Crippen LogP contribution is -2.39. The Morgan fingerprint density at radius 1 is 1.14 bits per heavy atom. The third kappa shape index (κ3) is 5.28. The van der Waals surface area contributed by atoms with Crippen LogP contribution in [0.25, 0.3) is 0 Å². The molecule has 0 bridgehead atoms. The molecule has 2 aromatic rings. The third-order valence-corrected chi connectivity index (χ3v) is 4.68. The van der Waals surface area contributed by atoms with Gasteiger partial charge in [-0.05, 0) is 43.0 Å². The van der Waals surface area contributed by atoms with Gasteiger partial charge >= 0.3 is 0 Å². The standard InChI is InChI=1S/C21H28N4O3/c1-15-7-12-28-19(15)20(26)23-9-3-10-24-21(22-2)25-11-6-16-4-5-18-17(14-16)8-13-27-18/h4-5,7,12,14H,3,6,8-11,13H2,1-2H3,(H,23,26)(H2,22,24,25). The van der Waals surface area contributed by atoms with Crippen LogP contribution in [0.4, 0.5) is 0 Å². The highest BCUT2D eigenvalue weighted by atomic mass is 16.5. The summed E-state index contributed by atoms with van der Waals surface area (Å²) >= 11 is 0. The Morgan fingerprint density at radius 3 is 2.75 bits per heavy atom. The van der Waals surface area contributed by atoms with E-state index in [2.05, 4.69) is 39.1 Å². The van der Waals surface area contributed by atoms with E-state index in [0.717, 1.165) is 49.7 Å². The Morgan fingerprint density at radius 2 is 1.96 bits per heavy atom. The zero-order valence-electron chi connectivity index (χ0n) is 16.5. The number of benzene rings is 1. The van der Waals surface area contributed by atoms with Crippen molar-refractivity contribution in [2.75, 3.05) is 33.3 Å². The predicted octanol–water partition coefficient (Wildman–Crippen LogP) is 2.05. The monoisotopic (exact) mass is 384 g/mol. The number of hydrogen-bond acceptors (Lipinski definition) is 4. The van der Waals surface area contributed by atoms with Crippen molar-refractivity contribution in [2.24, 2.45) is 4.99 Å². The Kier molecular flexibility index (Phi) is 6.94. The highest BCUT2D eigenvalue weighted by Gasteiger charge is 2.12. The number of amides is 1. The van der Waals surface area contributed by atoms with Crippen LogP contribution in [0, 0.1) is 6.92 Å². The molecule has 1 aliphatic heterocycles. The molecule has 0 saturated carbocycles. The molecule has 0 unspecified atom stereocenters. The Balaban J connectivity index is 1.30. The highest BCUT2D eigenvalue weighted by molar-refractivity contribution is 5.92. The quantitative estimate of drug-likeness (QED) is 0.368. The van der Waals surface area contributed by atoms with E-state index in [4.69, 9.17) is 9.15 Å². The normalized spacial score (nSPS) is 13.0. The molecule has 150 valence electrons. The van der Waals surface area contributed by atoms with Crippen molar-refractivity contribution in [3.8, 4) is 5.75 Å². The second-order valence-corrected chi connectivity index (χ2v) is 6.76. The van der Waals surface area contributed by atoms with E-state index in [1.54, 1.807) is 13.1 Å². The number of aliphatic imine (C=N–C) groups is 1. The van der Waals surface area contributed by atoms with Crippen molar-refractivity contribution in [3.63, 3.8) is 0 Å². The summed E-state index contributed by atoms with van der Waals surface area (Å²) in [5.74, 6) is 1.98. The smallest absolute Gasteiger partial charge is 0.287 e. The number of nitrogens with zero attached hydrogens (tertiary/aromatic N) is 1. The molecule has 0 radical (unpaired) electrons. The summed E-state index contributed by atoms with van der Waals surface area (Å²) in [7, 11) is 1.75. The average molecular weight is 384 g/mol. The minimum atomic E-state index is -0.176. The molecular formula is C21H28N4O3. The zero-order chi connectivity index (χ0) is 19.8. The lowest BCUT2D eigenvalue weighted by Gasteiger charge is -2.12. The summed E-state index contributed by atoms with van der Waals surface area (Å²) in [5.41, 5.74) is 3.44. The SMILES string of the molecule is CN=C(NCCCNC(=O)c1occc1C)NCCc1ccc2c(c1)CCO2. The summed E-state index contributed by atoms with van der Waals surface area (Å²) in [6, 6.07) is 8.18. The van der Waals surface area contributed by atoms with Gasteiger partial charge in [-0.3, -0.25) is 9.79 Å². The molecule has 2 heterocycles. The minimum Gasteiger partial charge on any atom is -0.493 e. The second-order valence-electron chi connectivity index (χ2n) is 6.76. The molecule has 7 nitrogen and oxygen atoms in total. The van der Waals surface area contributed by atoms with E-state index in [-0.39, 0.29) is 5.91 Å². The lowest BCUT2D eigenvalue weighted by molar-refractivity contribution is 0.0925. The molecule has 1 amide bonds. The number of guanidine groups is 1. The predicted molar refractivity (Wildman–Crippen MR) is 109 cm³/mol. The molecule has 1 aromatic carbocycles. The van der Waals surface area contributed by atoms with Gasteiger partial charge < -0.3 is 25.1 Å². The summed E-state index contributed by atoms with van der Waals surface area (Å²) in [5, 5.41) is 9.44. The summed E-state index contributed by atoms with van der Waals surface area (Å²) < 4.78 is 10.7. The fraction of sp³-hybridized carbons (Fsp3) is 0.429. The molecule has 3 N–H and O–H groups in total. The van der Waals surface area contributed by atoms with Gasteiger partial charge in [0.15, 0.2) is 11.7 Å². The molecule has 3 rings (SSSR count). The number of carbonyl (C=O) groups is 1. The van der Waals surface area contributed by atoms with Gasteiger partial charge in [-0.1, -0.05) is 12.1 Å². The van der Waals surface area contributed by atoms with Crippen molar-refractivity contribution in [1.82, 2.24) is 16.0 Å². The zero-order valence-corrected chi connectivity index (χ0v) is 16.5. The van der Waals surface area contributed by atoms with Gasteiger partial charge in [0.25, 0.3) is 5.91 Å². The Labute approximate surface area is 165 Å². The number of nitrogens with one attached hydrogen (secondary N) is 3. The van der Waals surface area contributed by atoms with Crippen molar-refractivity contribution in [3.05, 3.63) is 53.0 Å². The molecule has 0 spiro atoms. The van der Waals surface area contributed by atoms with Crippen molar-refractivity contribution < 1.29 is 13.9 Å². The average Bonchev–Trinajstić information content (AvgIpc) is 3.34. The molecular weight excluding hydrogens is 356 g/mol. The van der Waals surface area contributed by atoms with Crippen LogP contribution >= 0.6 is 0 Å². The van der Waals surface area contributed by atoms with Gasteiger partial charge in [-0.15, -0.1) is 0 Å². The minimum absolute atomic E-state index is 0.176. The molecule has 0 fully saturated rings. The summed E-state index contributed by atoms with van der Waals surface area (Å²) in [4.78, 5) is 16.2. The molecule has 0 atom stereocenters. The Bertz CT molecular complexity index is 829. The van der Waals surface area contributed by atoms with Crippen molar-refractivity contribution in [1.29, 1.82) is 0 Å². The van der Waals surface area contributed by atoms with Crippen LogP contribution in [0.1, 0.15) is 33.7 Å². The largest absolute Gasteiger partial charge is 0.493 e. The van der Waals surface area contributed by atoms with E-state index < -0.39 is 0 Å². The fourth-order valence-corrected chi connectivity index (χ4v) is 3.12. The van der Waals surface area contributed by atoms with Crippen molar-refractivity contribution in [2.45, 2.75) is 26.2 Å². The van der Waals surface area contributed by atoms with E-state index in [0.29, 0.717) is 18.8 Å². The second kappa shape index (κ2) is 9.82. The first kappa shape index (κ1) is 19.8. The number of carbonyl (C=O) groups excluding carboxylic acids is 1. The number of aryl methyl sites for hydroxylation is 1. The van der Waals surface area contributed by atoms with E-state index in [9.17, 15) is 4.79 Å². The maximum atomic E-state index is 12.0. The first-order chi connectivity index (χ1) is 13.7. The Hall–Kier alpha value is -2.96. The molecule has 1 aliphatic rings. The molecule has 28 heavy (non-hydrogen) atoms. The number of rotatable bonds is 8. The van der Waals surface area contributed by atoms with Crippen LogP contribution in [0.5, 0.6) is 5.75 Å². The van der Waals surface area contributed by atoms with Gasteiger partial charge in [0.05, 0.1) is 12.9 Å². The van der Waals surface area contributed by atoms with Gasteiger partial charge in [0.1, 0.15) is 5.75 Å². The maximum absolute atomic E-state index is 12.0. The first-order valence-electron chi connectivity index (χ1n) is 9.69. The van der Waals surface area contributed by atoms with Crippen LogP contribution < -0.4 is 20.7 Å². The third-order valence-electron chi connectivity index (χ3n) is 4.68. The summed E-state index contributed by atoms with van der Waals surface area (Å²) in [6.45, 7) is 4.72. The molecule has 1 aromatic heterocycles. The van der Waals surface area contributed by atoms with Gasteiger partial charge in [0.2, 0.25) is 0 Å². The van der Waals surface area contributed by atoms with E-state index >= 15 is 0 Å². The highest BCUT2D eigenvalue weighted by Crippen LogP contribution is 2.25. The first-order valence-corrected chi connectivity index (χ1v) is 9.69. The van der Waals surface area contributed by atoms with Gasteiger partial charge in [-0.25, -0.2) is 0 Å². The van der Waals surface area contributed by atoms with Gasteiger partial charge in [-0.2, -0.15) is 0 Å².